The molecule has 53 heavy (non-hydrogen) atoms. The van der Waals surface area contributed by atoms with Gasteiger partial charge in [-0.05, 0) is 86.6 Å². The summed E-state index contributed by atoms with van der Waals surface area (Å²) in [6, 6.07) is 65.2. The lowest BCUT2D eigenvalue weighted by Crippen LogP contribution is -2.01. The standard InChI is InChI=1S/C49H31N3O/c1-5-15-32(16-6-1)38-25-39(33-17-7-2-8-18-33)27-41(26-38)48-50-47(35-21-11-4-12-22-35)51-49(52-48)43-29-40(34-19-9-3-10-20-34)31-45-46(43)42-28-36-23-13-14-24-37(36)30-44(42)53-45/h1-31H. The molecule has 4 heteroatoms. The largest absolute Gasteiger partial charge is 0.456 e. The average molecular weight is 678 g/mol. The summed E-state index contributed by atoms with van der Waals surface area (Å²) in [5.41, 5.74) is 10.9. The molecule has 0 atom stereocenters. The molecule has 10 rings (SSSR count). The molecule has 0 aliphatic rings. The topological polar surface area (TPSA) is 51.8 Å². The molecular weight excluding hydrogens is 647 g/mol. The molecule has 2 heterocycles. The van der Waals surface area contributed by atoms with Crippen molar-refractivity contribution >= 4 is 32.7 Å². The third kappa shape index (κ3) is 5.73. The minimum Gasteiger partial charge on any atom is -0.456 e. The van der Waals surface area contributed by atoms with E-state index in [1.54, 1.807) is 0 Å². The number of benzene rings is 8. The Balaban J connectivity index is 1.27. The Hall–Kier alpha value is -7.17. The molecule has 0 spiro atoms. The zero-order valence-electron chi connectivity index (χ0n) is 28.6. The Kier molecular flexibility index (Phi) is 7.43. The van der Waals surface area contributed by atoms with Crippen molar-refractivity contribution in [3.05, 3.63) is 188 Å². The molecule has 0 bridgehead atoms. The Morgan fingerprint density at radius 3 is 1.30 bits per heavy atom. The summed E-state index contributed by atoms with van der Waals surface area (Å²) in [5.74, 6) is 1.78. The maximum absolute atomic E-state index is 6.67. The molecule has 248 valence electrons. The van der Waals surface area contributed by atoms with Crippen molar-refractivity contribution in [1.29, 1.82) is 0 Å². The molecule has 0 fully saturated rings. The van der Waals surface area contributed by atoms with Gasteiger partial charge in [-0.3, -0.25) is 0 Å². The molecule has 0 aliphatic heterocycles. The van der Waals surface area contributed by atoms with Gasteiger partial charge in [0.1, 0.15) is 11.2 Å². The summed E-state index contributed by atoms with van der Waals surface area (Å²) in [6.45, 7) is 0. The first-order valence-corrected chi connectivity index (χ1v) is 17.8. The van der Waals surface area contributed by atoms with E-state index in [2.05, 4.69) is 140 Å². The van der Waals surface area contributed by atoms with Crippen LogP contribution in [0.1, 0.15) is 0 Å². The summed E-state index contributed by atoms with van der Waals surface area (Å²) in [6.07, 6.45) is 0. The van der Waals surface area contributed by atoms with Crippen LogP contribution in [0.3, 0.4) is 0 Å². The first-order chi connectivity index (χ1) is 26.2. The minimum absolute atomic E-state index is 0.582. The highest BCUT2D eigenvalue weighted by Crippen LogP contribution is 2.41. The van der Waals surface area contributed by atoms with Crippen molar-refractivity contribution in [2.24, 2.45) is 0 Å². The van der Waals surface area contributed by atoms with Crippen LogP contribution in [0.4, 0.5) is 0 Å². The van der Waals surface area contributed by atoms with Gasteiger partial charge in [-0.2, -0.15) is 0 Å². The molecule has 10 aromatic rings. The first kappa shape index (κ1) is 30.6. The van der Waals surface area contributed by atoms with Crippen molar-refractivity contribution in [3.63, 3.8) is 0 Å². The lowest BCUT2D eigenvalue weighted by molar-refractivity contribution is 0.669. The van der Waals surface area contributed by atoms with E-state index in [0.29, 0.717) is 17.5 Å². The molecular formula is C49H31N3O. The molecule has 0 N–H and O–H groups in total. The summed E-state index contributed by atoms with van der Waals surface area (Å²) >= 11 is 0. The molecule has 0 saturated carbocycles. The van der Waals surface area contributed by atoms with E-state index in [-0.39, 0.29) is 0 Å². The molecule has 0 amide bonds. The number of nitrogens with zero attached hydrogens (tertiary/aromatic N) is 3. The third-order valence-corrected chi connectivity index (χ3v) is 9.86. The zero-order chi connectivity index (χ0) is 35.1. The number of hydrogen-bond donors (Lipinski definition) is 0. The summed E-state index contributed by atoms with van der Waals surface area (Å²) in [4.78, 5) is 15.7. The Bertz CT molecular complexity index is 2860. The molecule has 0 saturated heterocycles. The maximum Gasteiger partial charge on any atom is 0.164 e. The molecule has 0 aliphatic carbocycles. The third-order valence-electron chi connectivity index (χ3n) is 9.86. The number of hydrogen-bond acceptors (Lipinski definition) is 4. The second-order valence-electron chi connectivity index (χ2n) is 13.3. The predicted molar refractivity (Wildman–Crippen MR) is 217 cm³/mol. The second-order valence-corrected chi connectivity index (χ2v) is 13.3. The highest BCUT2D eigenvalue weighted by molar-refractivity contribution is 6.16. The van der Waals surface area contributed by atoms with E-state index in [9.17, 15) is 0 Å². The lowest BCUT2D eigenvalue weighted by atomic mass is 9.95. The van der Waals surface area contributed by atoms with Crippen molar-refractivity contribution in [2.45, 2.75) is 0 Å². The first-order valence-electron chi connectivity index (χ1n) is 17.8. The predicted octanol–water partition coefficient (Wildman–Crippen LogP) is 12.9. The number of aromatic nitrogens is 3. The number of furan rings is 1. The van der Waals surface area contributed by atoms with Crippen molar-refractivity contribution < 1.29 is 4.42 Å². The minimum atomic E-state index is 0.582. The summed E-state index contributed by atoms with van der Waals surface area (Å²) in [7, 11) is 0. The van der Waals surface area contributed by atoms with Crippen LogP contribution in [0, 0.1) is 0 Å². The SMILES string of the molecule is c1ccc(-c2cc(-c3ccccc3)cc(-c3nc(-c4ccccc4)nc(-c4cc(-c5ccccc5)cc5oc6cc7ccccc7cc6c45)n3)c2)cc1. The van der Waals surface area contributed by atoms with Crippen LogP contribution >= 0.6 is 0 Å². The quantitative estimate of drug-likeness (QED) is 0.176. The van der Waals surface area contributed by atoms with Gasteiger partial charge in [0.15, 0.2) is 17.5 Å². The maximum atomic E-state index is 6.67. The van der Waals surface area contributed by atoms with Gasteiger partial charge >= 0.3 is 0 Å². The van der Waals surface area contributed by atoms with Gasteiger partial charge in [-0.1, -0.05) is 146 Å². The van der Waals surface area contributed by atoms with Crippen LogP contribution in [0.25, 0.3) is 100 Å². The van der Waals surface area contributed by atoms with Gasteiger partial charge in [0, 0.05) is 27.5 Å². The van der Waals surface area contributed by atoms with Crippen molar-refractivity contribution in [2.75, 3.05) is 0 Å². The van der Waals surface area contributed by atoms with Crippen LogP contribution < -0.4 is 0 Å². The summed E-state index contributed by atoms with van der Waals surface area (Å²) < 4.78 is 6.67. The Morgan fingerprint density at radius 2 is 0.736 bits per heavy atom. The average Bonchev–Trinajstić information content (AvgIpc) is 3.60. The second kappa shape index (κ2) is 12.9. The molecule has 2 aromatic heterocycles. The highest BCUT2D eigenvalue weighted by Gasteiger charge is 2.21. The van der Waals surface area contributed by atoms with E-state index in [1.807, 2.05) is 48.5 Å². The van der Waals surface area contributed by atoms with Crippen molar-refractivity contribution in [1.82, 2.24) is 15.0 Å². The fraction of sp³-hybridized carbons (Fsp3) is 0. The fourth-order valence-corrected chi connectivity index (χ4v) is 7.26. The van der Waals surface area contributed by atoms with Crippen LogP contribution in [0.2, 0.25) is 0 Å². The van der Waals surface area contributed by atoms with Crippen LogP contribution in [0.15, 0.2) is 192 Å². The van der Waals surface area contributed by atoms with Crippen LogP contribution in [0.5, 0.6) is 0 Å². The lowest BCUT2D eigenvalue weighted by Gasteiger charge is -2.13. The number of fused-ring (bicyclic) bond motifs is 4. The van der Waals surface area contributed by atoms with E-state index in [4.69, 9.17) is 19.4 Å². The van der Waals surface area contributed by atoms with E-state index >= 15 is 0 Å². The monoisotopic (exact) mass is 677 g/mol. The zero-order valence-corrected chi connectivity index (χ0v) is 28.6. The molecule has 8 aromatic carbocycles. The molecule has 4 nitrogen and oxygen atoms in total. The van der Waals surface area contributed by atoms with E-state index in [1.165, 1.54) is 0 Å². The van der Waals surface area contributed by atoms with Crippen molar-refractivity contribution in [3.8, 4) is 67.5 Å². The smallest absolute Gasteiger partial charge is 0.164 e. The van der Waals surface area contributed by atoms with E-state index < -0.39 is 0 Å². The number of rotatable bonds is 6. The van der Waals surface area contributed by atoms with Gasteiger partial charge in [-0.15, -0.1) is 0 Å². The van der Waals surface area contributed by atoms with E-state index in [0.717, 1.165) is 82.8 Å². The van der Waals surface area contributed by atoms with Crippen LogP contribution in [-0.4, -0.2) is 15.0 Å². The van der Waals surface area contributed by atoms with Crippen LogP contribution in [-0.2, 0) is 0 Å². The van der Waals surface area contributed by atoms with Gasteiger partial charge in [0.2, 0.25) is 0 Å². The van der Waals surface area contributed by atoms with Gasteiger partial charge < -0.3 is 4.42 Å². The fourth-order valence-electron chi connectivity index (χ4n) is 7.26. The Labute approximate surface area is 306 Å². The van der Waals surface area contributed by atoms with Gasteiger partial charge in [0.25, 0.3) is 0 Å². The molecule has 0 radical (unpaired) electrons. The normalized spacial score (nSPS) is 11.4. The Morgan fingerprint density at radius 1 is 0.302 bits per heavy atom. The molecule has 0 unspecified atom stereocenters. The highest BCUT2D eigenvalue weighted by atomic mass is 16.3. The van der Waals surface area contributed by atoms with Gasteiger partial charge in [-0.25, -0.2) is 15.0 Å². The van der Waals surface area contributed by atoms with Gasteiger partial charge in [0.05, 0.1) is 0 Å². The summed E-state index contributed by atoms with van der Waals surface area (Å²) in [5, 5.41) is 4.28.